The number of nitrogens with zero attached hydrogens (tertiary/aromatic N) is 3. The van der Waals surface area contributed by atoms with Gasteiger partial charge >= 0.3 is 0 Å². The van der Waals surface area contributed by atoms with Crippen molar-refractivity contribution in [3.05, 3.63) is 54.1 Å². The summed E-state index contributed by atoms with van der Waals surface area (Å²) in [6.45, 7) is 0.989. The van der Waals surface area contributed by atoms with E-state index in [-0.39, 0.29) is 11.8 Å². The Bertz CT molecular complexity index is 747. The minimum atomic E-state index is -0.591. The van der Waals surface area contributed by atoms with Crippen molar-refractivity contribution in [3.8, 4) is 0 Å². The van der Waals surface area contributed by atoms with Crippen LogP contribution in [0.25, 0.3) is 0 Å². The van der Waals surface area contributed by atoms with E-state index in [0.29, 0.717) is 31.5 Å². The van der Waals surface area contributed by atoms with E-state index in [1.54, 1.807) is 36.1 Å². The van der Waals surface area contributed by atoms with E-state index in [1.807, 2.05) is 12.3 Å². The molecule has 1 aliphatic heterocycles. The lowest BCUT2D eigenvalue weighted by atomic mass is 9.83. The highest BCUT2D eigenvalue weighted by molar-refractivity contribution is 5.84. The predicted molar refractivity (Wildman–Crippen MR) is 89.9 cm³/mol. The Morgan fingerprint density at radius 2 is 2.16 bits per heavy atom. The maximum absolute atomic E-state index is 14.3. The smallest absolute Gasteiger partial charge is 0.225 e. The summed E-state index contributed by atoms with van der Waals surface area (Å²) in [5, 5.41) is 6.97. The Kier molecular flexibility index (Phi) is 5.11. The molecular formula is C18H21FN4O2. The second-order valence-electron chi connectivity index (χ2n) is 6.18. The first-order valence-electron chi connectivity index (χ1n) is 8.33. The summed E-state index contributed by atoms with van der Waals surface area (Å²) >= 11 is 0. The molecule has 6 nitrogen and oxygen atoms in total. The molecule has 1 aliphatic rings. The zero-order chi connectivity index (χ0) is 17.8. The third kappa shape index (κ3) is 3.70. The molecule has 0 saturated carbocycles. The molecule has 3 rings (SSSR count). The number of nitrogens with one attached hydrogen (secondary N) is 1. The highest BCUT2D eigenvalue weighted by Crippen LogP contribution is 2.36. The fraction of sp³-hybridized carbons (Fsp3) is 0.389. The van der Waals surface area contributed by atoms with Gasteiger partial charge in [-0.3, -0.25) is 14.3 Å². The lowest BCUT2D eigenvalue weighted by Gasteiger charge is -2.38. The highest BCUT2D eigenvalue weighted by Gasteiger charge is 2.39. The molecule has 132 valence electrons. The van der Waals surface area contributed by atoms with Gasteiger partial charge in [0.05, 0.1) is 18.5 Å². The summed E-state index contributed by atoms with van der Waals surface area (Å²) in [5.74, 6) is -1.12. The molecular weight excluding hydrogens is 323 g/mol. The number of carbonyl (C=O) groups excluding carboxylic acids is 2. The molecule has 0 bridgehead atoms. The molecule has 2 atom stereocenters. The molecule has 1 aromatic heterocycles. The molecule has 2 amide bonds. The minimum Gasteiger partial charge on any atom is -0.354 e. The summed E-state index contributed by atoms with van der Waals surface area (Å²) in [7, 11) is 1.63. The maximum atomic E-state index is 14.3. The van der Waals surface area contributed by atoms with Crippen LogP contribution in [0.5, 0.6) is 0 Å². The van der Waals surface area contributed by atoms with Crippen LogP contribution < -0.4 is 5.32 Å². The van der Waals surface area contributed by atoms with E-state index >= 15 is 0 Å². The fourth-order valence-corrected chi connectivity index (χ4v) is 3.31. The van der Waals surface area contributed by atoms with Gasteiger partial charge in [-0.2, -0.15) is 5.10 Å². The number of aromatic nitrogens is 2. The summed E-state index contributed by atoms with van der Waals surface area (Å²) < 4.78 is 16.0. The molecule has 0 aliphatic carbocycles. The molecule has 25 heavy (non-hydrogen) atoms. The lowest BCUT2D eigenvalue weighted by Crippen LogP contribution is -2.47. The summed E-state index contributed by atoms with van der Waals surface area (Å²) in [6.07, 6.45) is 4.20. The SMILES string of the molecule is CN1C(=O)CC[C@H](C(=O)NCCn2cccn2)[C@@H]1c1ccccc1F. The van der Waals surface area contributed by atoms with E-state index in [2.05, 4.69) is 10.4 Å². The molecule has 7 heteroatoms. The molecule has 0 radical (unpaired) electrons. The Morgan fingerprint density at radius 1 is 1.36 bits per heavy atom. The van der Waals surface area contributed by atoms with Crippen LogP contribution in [0.2, 0.25) is 0 Å². The van der Waals surface area contributed by atoms with Crippen molar-refractivity contribution in [2.45, 2.75) is 25.4 Å². The Hall–Kier alpha value is -2.70. The Labute approximate surface area is 145 Å². The monoisotopic (exact) mass is 344 g/mol. The van der Waals surface area contributed by atoms with Gasteiger partial charge in [-0.25, -0.2) is 4.39 Å². The lowest BCUT2D eigenvalue weighted by molar-refractivity contribution is -0.141. The van der Waals surface area contributed by atoms with Gasteiger partial charge in [0, 0.05) is 38.0 Å². The number of hydrogen-bond acceptors (Lipinski definition) is 3. The van der Waals surface area contributed by atoms with E-state index in [1.165, 1.54) is 11.0 Å². The normalized spacial score (nSPS) is 20.6. The van der Waals surface area contributed by atoms with Gasteiger partial charge in [0.2, 0.25) is 11.8 Å². The summed E-state index contributed by atoms with van der Waals surface area (Å²) in [6, 6.07) is 7.54. The highest BCUT2D eigenvalue weighted by atomic mass is 19.1. The summed E-state index contributed by atoms with van der Waals surface area (Å²) in [4.78, 5) is 26.2. The van der Waals surface area contributed by atoms with Crippen LogP contribution in [-0.4, -0.2) is 40.1 Å². The number of amides is 2. The van der Waals surface area contributed by atoms with Gasteiger partial charge in [0.25, 0.3) is 0 Å². The molecule has 2 aromatic rings. The third-order valence-corrected chi connectivity index (χ3v) is 4.62. The molecule has 1 aromatic carbocycles. The molecule has 1 saturated heterocycles. The molecule has 0 unspecified atom stereocenters. The number of likely N-dealkylation sites (tertiary alicyclic amines) is 1. The third-order valence-electron chi connectivity index (χ3n) is 4.62. The zero-order valence-corrected chi connectivity index (χ0v) is 14.1. The molecule has 0 spiro atoms. The van der Waals surface area contributed by atoms with E-state index in [0.717, 1.165) is 0 Å². The number of rotatable bonds is 5. The average molecular weight is 344 g/mol. The van der Waals surface area contributed by atoms with Crippen LogP contribution in [0.3, 0.4) is 0 Å². The minimum absolute atomic E-state index is 0.0751. The van der Waals surface area contributed by atoms with Gasteiger partial charge in [-0.1, -0.05) is 18.2 Å². The van der Waals surface area contributed by atoms with Crippen molar-refractivity contribution >= 4 is 11.8 Å². The van der Waals surface area contributed by atoms with Gasteiger partial charge < -0.3 is 10.2 Å². The van der Waals surface area contributed by atoms with Crippen molar-refractivity contribution < 1.29 is 14.0 Å². The van der Waals surface area contributed by atoms with Crippen molar-refractivity contribution in [1.82, 2.24) is 20.0 Å². The van der Waals surface area contributed by atoms with Crippen molar-refractivity contribution in [2.24, 2.45) is 5.92 Å². The van der Waals surface area contributed by atoms with Crippen molar-refractivity contribution in [3.63, 3.8) is 0 Å². The Balaban J connectivity index is 1.74. The number of piperidine rings is 1. The zero-order valence-electron chi connectivity index (χ0n) is 14.1. The van der Waals surface area contributed by atoms with E-state index in [9.17, 15) is 14.0 Å². The number of benzene rings is 1. The van der Waals surface area contributed by atoms with Crippen LogP contribution in [0.15, 0.2) is 42.7 Å². The number of halogens is 1. The topological polar surface area (TPSA) is 67.2 Å². The Morgan fingerprint density at radius 3 is 2.88 bits per heavy atom. The standard InChI is InChI=1S/C18H21FN4O2/c1-22-16(24)8-7-14(17(22)13-5-2-3-6-15(13)19)18(25)20-10-12-23-11-4-9-21-23/h2-6,9,11,14,17H,7-8,10,12H2,1H3,(H,20,25)/t14-,17-/m0/s1. The number of carbonyl (C=O) groups is 2. The van der Waals surface area contributed by atoms with Crippen LogP contribution in [-0.2, 0) is 16.1 Å². The van der Waals surface area contributed by atoms with E-state index < -0.39 is 17.8 Å². The van der Waals surface area contributed by atoms with Crippen LogP contribution in [0.4, 0.5) is 4.39 Å². The van der Waals surface area contributed by atoms with Gasteiger partial charge in [-0.15, -0.1) is 0 Å². The van der Waals surface area contributed by atoms with Gasteiger partial charge in [0.1, 0.15) is 5.82 Å². The first-order valence-corrected chi connectivity index (χ1v) is 8.33. The van der Waals surface area contributed by atoms with Crippen LogP contribution >= 0.6 is 0 Å². The predicted octanol–water partition coefficient (Wildman–Crippen LogP) is 1.75. The quantitative estimate of drug-likeness (QED) is 0.899. The second-order valence-corrected chi connectivity index (χ2v) is 6.18. The molecule has 2 heterocycles. The molecule has 1 fully saturated rings. The van der Waals surface area contributed by atoms with Crippen molar-refractivity contribution in [2.75, 3.05) is 13.6 Å². The van der Waals surface area contributed by atoms with Crippen LogP contribution in [0, 0.1) is 11.7 Å². The first kappa shape index (κ1) is 17.1. The largest absolute Gasteiger partial charge is 0.354 e. The summed E-state index contributed by atoms with van der Waals surface area (Å²) in [5.41, 5.74) is 0.380. The van der Waals surface area contributed by atoms with Gasteiger partial charge in [-0.05, 0) is 18.6 Å². The van der Waals surface area contributed by atoms with Gasteiger partial charge in [0.15, 0.2) is 0 Å². The first-order chi connectivity index (χ1) is 12.1. The second kappa shape index (κ2) is 7.46. The average Bonchev–Trinajstić information content (AvgIpc) is 3.11. The maximum Gasteiger partial charge on any atom is 0.225 e. The molecule has 1 N–H and O–H groups in total. The van der Waals surface area contributed by atoms with Crippen molar-refractivity contribution in [1.29, 1.82) is 0 Å². The number of hydrogen-bond donors (Lipinski definition) is 1. The fourth-order valence-electron chi connectivity index (χ4n) is 3.31. The van der Waals surface area contributed by atoms with E-state index in [4.69, 9.17) is 0 Å². The van der Waals surface area contributed by atoms with Crippen LogP contribution in [0.1, 0.15) is 24.4 Å².